The van der Waals surface area contributed by atoms with E-state index in [-0.39, 0.29) is 24.2 Å². The molecule has 1 fully saturated rings. The Balaban J connectivity index is 2.50. The maximum absolute atomic E-state index is 13.7. The van der Waals surface area contributed by atoms with Crippen LogP contribution in [0.15, 0.2) is 12.1 Å². The zero-order chi connectivity index (χ0) is 20.2. The summed E-state index contributed by atoms with van der Waals surface area (Å²) < 4.78 is 45.8. The van der Waals surface area contributed by atoms with E-state index in [0.29, 0.717) is 12.8 Å². The number of carbonyl (C=O) groups is 1. The SMILES string of the molecule is CCOC(=O)C(Cl)Cc1cc([N+](=O)[O-])c(C2CCCCC2)c(C(F)(F)F)c1. The van der Waals surface area contributed by atoms with E-state index in [9.17, 15) is 28.1 Å². The fraction of sp³-hybridized carbons (Fsp3) is 0.611. The van der Waals surface area contributed by atoms with E-state index >= 15 is 0 Å². The second-order valence-corrected chi connectivity index (χ2v) is 7.12. The maximum atomic E-state index is 13.7. The van der Waals surface area contributed by atoms with Crippen molar-refractivity contribution in [3.63, 3.8) is 0 Å². The van der Waals surface area contributed by atoms with E-state index in [1.165, 1.54) is 0 Å². The van der Waals surface area contributed by atoms with Crippen LogP contribution in [0.25, 0.3) is 0 Å². The maximum Gasteiger partial charge on any atom is 0.416 e. The molecular formula is C18H21ClF3NO4. The molecular weight excluding hydrogens is 387 g/mol. The molecule has 1 atom stereocenters. The minimum absolute atomic E-state index is 0.0124. The standard InChI is InChI=1S/C18H21ClF3NO4/c1-2-27-17(24)14(19)9-11-8-13(18(20,21)22)16(15(10-11)23(25)26)12-6-4-3-5-7-12/h8,10,12,14H,2-7,9H2,1H3. The number of rotatable bonds is 6. The Morgan fingerprint density at radius 1 is 1.33 bits per heavy atom. The molecule has 2 rings (SSSR count). The van der Waals surface area contributed by atoms with Crippen molar-refractivity contribution in [2.45, 2.75) is 62.9 Å². The van der Waals surface area contributed by atoms with E-state index in [0.717, 1.165) is 31.4 Å². The molecule has 0 saturated heterocycles. The number of ether oxygens (including phenoxy) is 1. The normalized spacial score (nSPS) is 16.8. The smallest absolute Gasteiger partial charge is 0.416 e. The van der Waals surface area contributed by atoms with Gasteiger partial charge in [-0.25, -0.2) is 0 Å². The highest BCUT2D eigenvalue weighted by Gasteiger charge is 2.40. The Kier molecular flexibility index (Phi) is 7.08. The topological polar surface area (TPSA) is 69.4 Å². The second kappa shape index (κ2) is 8.91. The van der Waals surface area contributed by atoms with E-state index in [4.69, 9.17) is 16.3 Å². The monoisotopic (exact) mass is 407 g/mol. The quantitative estimate of drug-likeness (QED) is 0.275. The number of hydrogen-bond donors (Lipinski definition) is 0. The molecule has 1 unspecified atom stereocenters. The van der Waals surface area contributed by atoms with Gasteiger partial charge in [-0.1, -0.05) is 19.3 Å². The van der Waals surface area contributed by atoms with Gasteiger partial charge in [0.05, 0.1) is 17.1 Å². The van der Waals surface area contributed by atoms with Crippen molar-refractivity contribution in [1.82, 2.24) is 0 Å². The minimum atomic E-state index is -4.74. The summed E-state index contributed by atoms with van der Waals surface area (Å²) in [6.07, 6.45) is -1.64. The van der Waals surface area contributed by atoms with Crippen LogP contribution in [-0.4, -0.2) is 22.9 Å². The molecule has 0 aromatic heterocycles. The van der Waals surface area contributed by atoms with E-state index in [2.05, 4.69) is 0 Å². The van der Waals surface area contributed by atoms with Crippen molar-refractivity contribution in [2.75, 3.05) is 6.61 Å². The third kappa shape index (κ3) is 5.34. The summed E-state index contributed by atoms with van der Waals surface area (Å²) in [5.74, 6) is -1.27. The van der Waals surface area contributed by atoms with Crippen LogP contribution in [0, 0.1) is 10.1 Å². The van der Waals surface area contributed by atoms with Crippen LogP contribution in [0.3, 0.4) is 0 Å². The van der Waals surface area contributed by atoms with Crippen LogP contribution in [0.1, 0.15) is 61.6 Å². The number of esters is 1. The summed E-state index contributed by atoms with van der Waals surface area (Å²) in [5, 5.41) is 10.3. The molecule has 0 radical (unpaired) electrons. The first-order chi connectivity index (χ1) is 12.6. The molecule has 0 amide bonds. The number of alkyl halides is 4. The van der Waals surface area contributed by atoms with Crippen LogP contribution in [-0.2, 0) is 22.1 Å². The Hall–Kier alpha value is -1.83. The van der Waals surface area contributed by atoms with Crippen molar-refractivity contribution in [3.8, 4) is 0 Å². The van der Waals surface area contributed by atoms with Crippen LogP contribution >= 0.6 is 11.6 Å². The molecule has 5 nitrogen and oxygen atoms in total. The number of halogens is 4. The first-order valence-electron chi connectivity index (χ1n) is 8.84. The Labute approximate surface area is 160 Å². The first-order valence-corrected chi connectivity index (χ1v) is 9.27. The molecule has 1 aromatic carbocycles. The first kappa shape index (κ1) is 21.5. The van der Waals surface area contributed by atoms with Gasteiger partial charge in [0.25, 0.3) is 5.69 Å². The molecule has 0 N–H and O–H groups in total. The lowest BCUT2D eigenvalue weighted by Gasteiger charge is -2.25. The predicted octanol–water partition coefficient (Wildman–Crippen LogP) is 5.37. The van der Waals surface area contributed by atoms with Gasteiger partial charge in [-0.3, -0.25) is 14.9 Å². The number of nitrogens with zero attached hydrogens (tertiary/aromatic N) is 1. The Morgan fingerprint density at radius 2 is 1.96 bits per heavy atom. The molecule has 0 bridgehead atoms. The fourth-order valence-corrected chi connectivity index (χ4v) is 3.78. The minimum Gasteiger partial charge on any atom is -0.465 e. The van der Waals surface area contributed by atoms with E-state index < -0.39 is 39.6 Å². The largest absolute Gasteiger partial charge is 0.465 e. The van der Waals surface area contributed by atoms with Gasteiger partial charge in [0.15, 0.2) is 0 Å². The van der Waals surface area contributed by atoms with Crippen LogP contribution in [0.5, 0.6) is 0 Å². The summed E-state index contributed by atoms with van der Waals surface area (Å²) in [5.41, 5.74) is -1.83. The van der Waals surface area contributed by atoms with Gasteiger partial charge < -0.3 is 4.74 Å². The van der Waals surface area contributed by atoms with Gasteiger partial charge in [-0.05, 0) is 43.7 Å². The van der Waals surface area contributed by atoms with Crippen molar-refractivity contribution in [1.29, 1.82) is 0 Å². The van der Waals surface area contributed by atoms with Gasteiger partial charge in [0.2, 0.25) is 0 Å². The molecule has 1 aliphatic rings. The van der Waals surface area contributed by atoms with E-state index in [1.807, 2.05) is 0 Å². The highest BCUT2D eigenvalue weighted by Crippen LogP contribution is 2.45. The summed E-state index contributed by atoms with van der Waals surface area (Å²) in [7, 11) is 0. The van der Waals surface area contributed by atoms with Gasteiger partial charge >= 0.3 is 12.1 Å². The lowest BCUT2D eigenvalue weighted by Crippen LogP contribution is -2.21. The number of nitro benzene ring substituents is 1. The van der Waals surface area contributed by atoms with Crippen molar-refractivity contribution in [2.24, 2.45) is 0 Å². The average molecular weight is 408 g/mol. The highest BCUT2D eigenvalue weighted by atomic mass is 35.5. The zero-order valence-electron chi connectivity index (χ0n) is 14.9. The van der Waals surface area contributed by atoms with Crippen molar-refractivity contribution >= 4 is 23.3 Å². The lowest BCUT2D eigenvalue weighted by atomic mass is 9.80. The molecule has 1 saturated carbocycles. The number of nitro groups is 1. The van der Waals surface area contributed by atoms with Gasteiger partial charge in [-0.15, -0.1) is 11.6 Å². The van der Waals surface area contributed by atoms with E-state index in [1.54, 1.807) is 6.92 Å². The summed E-state index contributed by atoms with van der Waals surface area (Å²) in [6.45, 7) is 1.66. The molecule has 27 heavy (non-hydrogen) atoms. The highest BCUT2D eigenvalue weighted by molar-refractivity contribution is 6.30. The van der Waals surface area contributed by atoms with Gasteiger partial charge in [0.1, 0.15) is 5.38 Å². The molecule has 150 valence electrons. The summed E-state index contributed by atoms with van der Waals surface area (Å²) in [4.78, 5) is 22.4. The molecule has 0 aliphatic heterocycles. The number of benzene rings is 1. The third-order valence-electron chi connectivity index (χ3n) is 4.69. The predicted molar refractivity (Wildman–Crippen MR) is 93.9 cm³/mol. The van der Waals surface area contributed by atoms with Crippen LogP contribution < -0.4 is 0 Å². The Morgan fingerprint density at radius 3 is 2.48 bits per heavy atom. The number of hydrogen-bond acceptors (Lipinski definition) is 4. The molecule has 0 spiro atoms. The van der Waals surface area contributed by atoms with Crippen molar-refractivity contribution in [3.05, 3.63) is 38.9 Å². The molecule has 1 aliphatic carbocycles. The lowest BCUT2D eigenvalue weighted by molar-refractivity contribution is -0.386. The molecule has 1 aromatic rings. The van der Waals surface area contributed by atoms with Crippen molar-refractivity contribution < 1.29 is 27.6 Å². The molecule has 0 heterocycles. The summed E-state index contributed by atoms with van der Waals surface area (Å²) in [6, 6.07) is 1.99. The zero-order valence-corrected chi connectivity index (χ0v) is 15.6. The fourth-order valence-electron chi connectivity index (χ4n) is 3.54. The van der Waals surface area contributed by atoms with Gasteiger partial charge in [0, 0.05) is 11.6 Å². The van der Waals surface area contributed by atoms with Crippen LogP contribution in [0.4, 0.5) is 18.9 Å². The second-order valence-electron chi connectivity index (χ2n) is 6.59. The van der Waals surface area contributed by atoms with Gasteiger partial charge in [-0.2, -0.15) is 13.2 Å². The average Bonchev–Trinajstić information content (AvgIpc) is 2.61. The summed E-state index contributed by atoms with van der Waals surface area (Å²) >= 11 is 5.91. The molecule has 9 heteroatoms. The van der Waals surface area contributed by atoms with Crippen LogP contribution in [0.2, 0.25) is 0 Å². The Bertz CT molecular complexity index is 703. The third-order valence-corrected chi connectivity index (χ3v) is 5.02. The number of carbonyl (C=O) groups excluding carboxylic acids is 1.